The topological polar surface area (TPSA) is 17.1 Å². The van der Waals surface area contributed by atoms with Gasteiger partial charge in [-0.25, -0.2) is 0 Å². The summed E-state index contributed by atoms with van der Waals surface area (Å²) in [5, 5.41) is 0. The summed E-state index contributed by atoms with van der Waals surface area (Å²) in [6.07, 6.45) is 3.65. The van der Waals surface area contributed by atoms with E-state index in [1.165, 1.54) is 22.3 Å². The highest BCUT2D eigenvalue weighted by molar-refractivity contribution is 5.81. The van der Waals surface area contributed by atoms with E-state index in [-0.39, 0.29) is 5.41 Å². The van der Waals surface area contributed by atoms with Crippen LogP contribution in [-0.2, 0) is 11.2 Å². The molecule has 1 fully saturated rings. The van der Waals surface area contributed by atoms with E-state index in [2.05, 4.69) is 39.8 Å². The Balaban J connectivity index is 2.27. The van der Waals surface area contributed by atoms with E-state index in [1.54, 1.807) is 0 Å². The first-order chi connectivity index (χ1) is 7.89. The molecule has 0 bridgehead atoms. The number of carbonyl (C=O) groups excluding carboxylic acids is 1. The summed E-state index contributed by atoms with van der Waals surface area (Å²) in [4.78, 5) is 11.5. The maximum absolute atomic E-state index is 11.5. The maximum atomic E-state index is 11.5. The van der Waals surface area contributed by atoms with Gasteiger partial charge in [-0.15, -0.1) is 0 Å². The standard InChI is InChI=1S/C16H22O/c1-11-7-12(2)15(13(3)8-11)10-16(4)6-5-14(17)9-16/h7-8H,5-6,9-10H2,1-4H3. The molecule has 1 atom stereocenters. The van der Waals surface area contributed by atoms with Crippen LogP contribution in [0.15, 0.2) is 12.1 Å². The van der Waals surface area contributed by atoms with Crippen molar-refractivity contribution in [3.63, 3.8) is 0 Å². The molecule has 1 heteroatoms. The Morgan fingerprint density at radius 1 is 1.18 bits per heavy atom. The van der Waals surface area contributed by atoms with Crippen LogP contribution in [0.5, 0.6) is 0 Å². The third kappa shape index (κ3) is 2.59. The van der Waals surface area contributed by atoms with E-state index in [9.17, 15) is 4.79 Å². The third-order valence-electron chi connectivity index (χ3n) is 4.08. The number of hydrogen-bond acceptors (Lipinski definition) is 1. The summed E-state index contributed by atoms with van der Waals surface area (Å²) in [5.41, 5.74) is 5.73. The number of aryl methyl sites for hydroxylation is 3. The lowest BCUT2D eigenvalue weighted by atomic mass is 9.79. The molecule has 1 aliphatic rings. The van der Waals surface area contributed by atoms with E-state index >= 15 is 0 Å². The zero-order chi connectivity index (χ0) is 12.6. The van der Waals surface area contributed by atoms with Crippen molar-refractivity contribution in [1.82, 2.24) is 0 Å². The van der Waals surface area contributed by atoms with E-state index in [0.29, 0.717) is 5.78 Å². The van der Waals surface area contributed by atoms with E-state index in [0.717, 1.165) is 25.7 Å². The summed E-state index contributed by atoms with van der Waals surface area (Å²) in [6.45, 7) is 8.78. The highest BCUT2D eigenvalue weighted by atomic mass is 16.1. The molecule has 17 heavy (non-hydrogen) atoms. The molecular formula is C16H22O. The summed E-state index contributed by atoms with van der Waals surface area (Å²) in [5.74, 6) is 0.440. The Labute approximate surface area is 104 Å². The minimum absolute atomic E-state index is 0.196. The van der Waals surface area contributed by atoms with Gasteiger partial charge in [0.05, 0.1) is 0 Å². The molecule has 2 rings (SSSR count). The average molecular weight is 230 g/mol. The Bertz CT molecular complexity index is 436. The van der Waals surface area contributed by atoms with Crippen LogP contribution in [0.1, 0.15) is 48.4 Å². The number of ketones is 1. The minimum atomic E-state index is 0.196. The van der Waals surface area contributed by atoms with E-state index in [1.807, 2.05) is 0 Å². The van der Waals surface area contributed by atoms with Crippen molar-refractivity contribution in [3.8, 4) is 0 Å². The predicted octanol–water partition coefficient (Wildman–Crippen LogP) is 3.91. The first-order valence-corrected chi connectivity index (χ1v) is 6.48. The van der Waals surface area contributed by atoms with Crippen LogP contribution in [0.4, 0.5) is 0 Å². The van der Waals surface area contributed by atoms with Gasteiger partial charge in [0.1, 0.15) is 5.78 Å². The molecular weight excluding hydrogens is 208 g/mol. The maximum Gasteiger partial charge on any atom is 0.133 e. The van der Waals surface area contributed by atoms with Gasteiger partial charge in [-0.1, -0.05) is 24.6 Å². The Hall–Kier alpha value is -1.11. The van der Waals surface area contributed by atoms with Crippen molar-refractivity contribution in [1.29, 1.82) is 0 Å². The van der Waals surface area contributed by atoms with E-state index < -0.39 is 0 Å². The molecule has 0 heterocycles. The lowest BCUT2D eigenvalue weighted by molar-refractivity contribution is -0.117. The molecule has 0 aliphatic heterocycles. The fourth-order valence-electron chi connectivity index (χ4n) is 3.16. The van der Waals surface area contributed by atoms with Crippen LogP contribution < -0.4 is 0 Å². The summed E-state index contributed by atoms with van der Waals surface area (Å²) < 4.78 is 0. The molecule has 1 aromatic rings. The number of Topliss-reactive ketones (excluding diaryl/α,β-unsaturated/α-hetero) is 1. The number of hydrogen-bond donors (Lipinski definition) is 0. The SMILES string of the molecule is Cc1cc(C)c(CC2(C)CCC(=O)C2)c(C)c1. The summed E-state index contributed by atoms with van der Waals surface area (Å²) in [7, 11) is 0. The molecule has 1 aromatic carbocycles. The van der Waals surface area contributed by atoms with Crippen molar-refractivity contribution in [3.05, 3.63) is 34.4 Å². The highest BCUT2D eigenvalue weighted by Gasteiger charge is 2.34. The molecule has 0 N–H and O–H groups in total. The molecule has 0 saturated heterocycles. The fourth-order valence-corrected chi connectivity index (χ4v) is 3.16. The molecule has 0 amide bonds. The second-order valence-corrected chi connectivity index (χ2v) is 6.08. The smallest absolute Gasteiger partial charge is 0.133 e. The van der Waals surface area contributed by atoms with Gasteiger partial charge in [-0.05, 0) is 55.7 Å². The summed E-state index contributed by atoms with van der Waals surface area (Å²) in [6, 6.07) is 4.50. The normalized spacial score (nSPS) is 24.4. The number of benzene rings is 1. The second-order valence-electron chi connectivity index (χ2n) is 6.08. The lowest BCUT2D eigenvalue weighted by Crippen LogP contribution is -2.17. The molecule has 1 unspecified atom stereocenters. The van der Waals surface area contributed by atoms with Crippen LogP contribution in [0.25, 0.3) is 0 Å². The van der Waals surface area contributed by atoms with Crippen molar-refractivity contribution in [2.45, 2.75) is 53.4 Å². The van der Waals surface area contributed by atoms with Gasteiger partial charge in [0.15, 0.2) is 0 Å². The van der Waals surface area contributed by atoms with Crippen molar-refractivity contribution >= 4 is 5.78 Å². The van der Waals surface area contributed by atoms with Gasteiger partial charge in [0.25, 0.3) is 0 Å². The zero-order valence-corrected chi connectivity index (χ0v) is 11.4. The van der Waals surface area contributed by atoms with Crippen molar-refractivity contribution in [2.75, 3.05) is 0 Å². The summed E-state index contributed by atoms with van der Waals surface area (Å²) >= 11 is 0. The van der Waals surface area contributed by atoms with Crippen LogP contribution >= 0.6 is 0 Å². The Kier molecular flexibility index (Phi) is 3.11. The molecule has 1 saturated carbocycles. The van der Waals surface area contributed by atoms with Gasteiger partial charge < -0.3 is 0 Å². The van der Waals surface area contributed by atoms with Gasteiger partial charge in [-0.3, -0.25) is 4.79 Å². The first kappa shape index (κ1) is 12.3. The highest BCUT2D eigenvalue weighted by Crippen LogP contribution is 2.39. The van der Waals surface area contributed by atoms with E-state index in [4.69, 9.17) is 0 Å². The van der Waals surface area contributed by atoms with Gasteiger partial charge in [0, 0.05) is 12.8 Å². The fraction of sp³-hybridized carbons (Fsp3) is 0.562. The minimum Gasteiger partial charge on any atom is -0.300 e. The van der Waals surface area contributed by atoms with Crippen LogP contribution in [0.2, 0.25) is 0 Å². The molecule has 1 aliphatic carbocycles. The molecule has 0 spiro atoms. The quantitative estimate of drug-likeness (QED) is 0.752. The van der Waals surface area contributed by atoms with Crippen molar-refractivity contribution in [2.24, 2.45) is 5.41 Å². The predicted molar refractivity (Wildman–Crippen MR) is 71.3 cm³/mol. The molecule has 1 nitrogen and oxygen atoms in total. The number of carbonyl (C=O) groups is 1. The zero-order valence-electron chi connectivity index (χ0n) is 11.4. The van der Waals surface area contributed by atoms with Crippen molar-refractivity contribution < 1.29 is 4.79 Å². The lowest BCUT2D eigenvalue weighted by Gasteiger charge is -2.25. The molecule has 0 radical (unpaired) electrons. The Morgan fingerprint density at radius 3 is 2.24 bits per heavy atom. The Morgan fingerprint density at radius 2 is 1.76 bits per heavy atom. The number of rotatable bonds is 2. The largest absolute Gasteiger partial charge is 0.300 e. The van der Waals surface area contributed by atoms with Gasteiger partial charge >= 0.3 is 0 Å². The van der Waals surface area contributed by atoms with Gasteiger partial charge in [-0.2, -0.15) is 0 Å². The average Bonchev–Trinajstić information content (AvgIpc) is 2.53. The van der Waals surface area contributed by atoms with Gasteiger partial charge in [0.2, 0.25) is 0 Å². The molecule has 92 valence electrons. The third-order valence-corrected chi connectivity index (χ3v) is 4.08. The molecule has 0 aromatic heterocycles. The van der Waals surface area contributed by atoms with Crippen LogP contribution in [0.3, 0.4) is 0 Å². The van der Waals surface area contributed by atoms with Crippen LogP contribution in [-0.4, -0.2) is 5.78 Å². The first-order valence-electron chi connectivity index (χ1n) is 6.48. The van der Waals surface area contributed by atoms with Crippen LogP contribution in [0, 0.1) is 26.2 Å². The second kappa shape index (κ2) is 4.29. The monoisotopic (exact) mass is 230 g/mol.